The summed E-state index contributed by atoms with van der Waals surface area (Å²) in [6, 6.07) is 0.842. The molecule has 2 fully saturated rings. The Kier molecular flexibility index (Phi) is 4.80. The van der Waals surface area contributed by atoms with Gasteiger partial charge in [0.25, 0.3) is 0 Å². The molecule has 0 bridgehead atoms. The zero-order chi connectivity index (χ0) is 12.1. The van der Waals surface area contributed by atoms with E-state index in [1.54, 1.807) is 0 Å². The van der Waals surface area contributed by atoms with E-state index in [4.69, 9.17) is 0 Å². The molecule has 0 saturated carbocycles. The molecule has 0 aromatic carbocycles. The third kappa shape index (κ3) is 3.42. The molecule has 17 heavy (non-hydrogen) atoms. The summed E-state index contributed by atoms with van der Waals surface area (Å²) in [5.74, 6) is 0.220. The van der Waals surface area contributed by atoms with Crippen LogP contribution in [0.2, 0.25) is 0 Å². The van der Waals surface area contributed by atoms with Crippen molar-refractivity contribution in [3.05, 3.63) is 0 Å². The molecule has 0 aromatic heterocycles. The number of nitrogens with zero attached hydrogens (tertiary/aromatic N) is 1. The minimum absolute atomic E-state index is 0.111. The average Bonchev–Trinajstić information content (AvgIpc) is 2.82. The van der Waals surface area contributed by atoms with Gasteiger partial charge in [0, 0.05) is 19.1 Å². The lowest BCUT2D eigenvalue weighted by Crippen LogP contribution is -2.55. The number of hydrogen-bond donors (Lipinski definition) is 2. The van der Waals surface area contributed by atoms with Crippen molar-refractivity contribution in [1.29, 1.82) is 0 Å². The third-order valence-corrected chi connectivity index (χ3v) is 3.99. The molecule has 2 unspecified atom stereocenters. The second-order valence-corrected chi connectivity index (χ2v) is 5.19. The maximum Gasteiger partial charge on any atom is 0.237 e. The molecule has 0 radical (unpaired) electrons. The summed E-state index contributed by atoms with van der Waals surface area (Å²) in [6.45, 7) is 6.19. The van der Waals surface area contributed by atoms with Crippen LogP contribution < -0.4 is 10.6 Å². The highest BCUT2D eigenvalue weighted by atomic mass is 16.2. The maximum absolute atomic E-state index is 11.7. The summed E-state index contributed by atoms with van der Waals surface area (Å²) < 4.78 is 0. The van der Waals surface area contributed by atoms with Crippen LogP contribution in [-0.2, 0) is 4.79 Å². The fraction of sp³-hybridized carbons (Fsp3) is 0.923. The van der Waals surface area contributed by atoms with E-state index in [2.05, 4.69) is 22.5 Å². The van der Waals surface area contributed by atoms with E-state index in [9.17, 15) is 4.79 Å². The van der Waals surface area contributed by atoms with E-state index in [1.165, 1.54) is 32.2 Å². The number of nitrogens with one attached hydrogen (secondary N) is 2. The zero-order valence-electron chi connectivity index (χ0n) is 10.9. The quantitative estimate of drug-likeness (QED) is 0.743. The van der Waals surface area contributed by atoms with E-state index < -0.39 is 0 Å². The number of piperazine rings is 1. The van der Waals surface area contributed by atoms with Gasteiger partial charge in [-0.3, -0.25) is 9.69 Å². The van der Waals surface area contributed by atoms with Crippen molar-refractivity contribution in [2.45, 2.75) is 51.1 Å². The number of amides is 1. The van der Waals surface area contributed by atoms with Crippen molar-refractivity contribution >= 4 is 5.91 Å². The Morgan fingerprint density at radius 1 is 1.41 bits per heavy atom. The topological polar surface area (TPSA) is 44.4 Å². The Morgan fingerprint density at radius 2 is 2.29 bits per heavy atom. The van der Waals surface area contributed by atoms with Crippen molar-refractivity contribution < 1.29 is 4.79 Å². The maximum atomic E-state index is 11.7. The van der Waals surface area contributed by atoms with E-state index in [1.807, 2.05) is 0 Å². The molecule has 0 aromatic rings. The lowest BCUT2D eigenvalue weighted by Gasteiger charge is -2.34. The summed E-state index contributed by atoms with van der Waals surface area (Å²) >= 11 is 0. The first-order valence-corrected chi connectivity index (χ1v) is 7.06. The molecule has 1 amide bonds. The molecule has 4 nitrogen and oxygen atoms in total. The fourth-order valence-electron chi connectivity index (χ4n) is 3.02. The Hall–Kier alpha value is -0.610. The van der Waals surface area contributed by atoms with Crippen LogP contribution in [0.5, 0.6) is 0 Å². The molecule has 2 aliphatic heterocycles. The van der Waals surface area contributed by atoms with Crippen molar-refractivity contribution in [1.82, 2.24) is 15.5 Å². The molecule has 2 saturated heterocycles. The van der Waals surface area contributed by atoms with Crippen molar-refractivity contribution in [3.63, 3.8) is 0 Å². The molecule has 0 spiro atoms. The summed E-state index contributed by atoms with van der Waals surface area (Å²) in [7, 11) is 0. The SMILES string of the molecule is CCC1C(=O)NCCN1CCCC1CCCN1. The van der Waals surface area contributed by atoms with Gasteiger partial charge in [0.1, 0.15) is 0 Å². The normalized spacial score (nSPS) is 30.5. The highest BCUT2D eigenvalue weighted by Gasteiger charge is 2.27. The summed E-state index contributed by atoms with van der Waals surface area (Å²) in [5.41, 5.74) is 0. The molecular weight excluding hydrogens is 214 g/mol. The third-order valence-electron chi connectivity index (χ3n) is 3.99. The van der Waals surface area contributed by atoms with Crippen LogP contribution in [0, 0.1) is 0 Å². The van der Waals surface area contributed by atoms with Crippen molar-refractivity contribution in [3.8, 4) is 0 Å². The predicted octanol–water partition coefficient (Wildman–Crippen LogP) is 0.729. The molecule has 2 aliphatic rings. The number of hydrogen-bond acceptors (Lipinski definition) is 3. The van der Waals surface area contributed by atoms with Crippen LogP contribution >= 0.6 is 0 Å². The van der Waals surface area contributed by atoms with Crippen LogP contribution in [0.3, 0.4) is 0 Å². The van der Waals surface area contributed by atoms with Gasteiger partial charge in [-0.15, -0.1) is 0 Å². The molecule has 98 valence electrons. The minimum Gasteiger partial charge on any atom is -0.353 e. The second kappa shape index (κ2) is 6.36. The van der Waals surface area contributed by atoms with Gasteiger partial charge in [-0.25, -0.2) is 0 Å². The Morgan fingerprint density at radius 3 is 3.00 bits per heavy atom. The molecule has 2 atom stereocenters. The van der Waals surface area contributed by atoms with E-state index in [0.29, 0.717) is 0 Å². The molecule has 2 N–H and O–H groups in total. The molecular formula is C13H25N3O. The van der Waals surface area contributed by atoms with Gasteiger partial charge >= 0.3 is 0 Å². The molecule has 2 rings (SSSR count). The first kappa shape index (κ1) is 12.8. The number of rotatable bonds is 5. The van der Waals surface area contributed by atoms with Crippen LogP contribution in [0.15, 0.2) is 0 Å². The second-order valence-electron chi connectivity index (χ2n) is 5.19. The number of carbonyl (C=O) groups excluding carboxylic acids is 1. The van der Waals surface area contributed by atoms with Gasteiger partial charge in [0.05, 0.1) is 6.04 Å². The van der Waals surface area contributed by atoms with Crippen LogP contribution in [-0.4, -0.2) is 49.1 Å². The van der Waals surface area contributed by atoms with E-state index >= 15 is 0 Å². The van der Waals surface area contributed by atoms with Crippen molar-refractivity contribution in [2.75, 3.05) is 26.2 Å². The lowest BCUT2D eigenvalue weighted by atomic mass is 10.1. The Bertz CT molecular complexity index is 251. The first-order chi connectivity index (χ1) is 8.31. The van der Waals surface area contributed by atoms with E-state index in [-0.39, 0.29) is 11.9 Å². The van der Waals surface area contributed by atoms with Crippen molar-refractivity contribution in [2.24, 2.45) is 0 Å². The highest BCUT2D eigenvalue weighted by molar-refractivity contribution is 5.82. The minimum atomic E-state index is 0.111. The van der Waals surface area contributed by atoms with Gasteiger partial charge in [0.2, 0.25) is 5.91 Å². The van der Waals surface area contributed by atoms with E-state index in [0.717, 1.165) is 32.1 Å². The summed E-state index contributed by atoms with van der Waals surface area (Å²) in [6.07, 6.45) is 6.05. The van der Waals surface area contributed by atoms with Gasteiger partial charge in [-0.1, -0.05) is 6.92 Å². The Balaban J connectivity index is 1.71. The molecule has 2 heterocycles. The van der Waals surface area contributed by atoms with Crippen LogP contribution in [0.25, 0.3) is 0 Å². The van der Waals surface area contributed by atoms with Gasteiger partial charge in [-0.05, 0) is 45.2 Å². The monoisotopic (exact) mass is 239 g/mol. The fourth-order valence-corrected chi connectivity index (χ4v) is 3.02. The Labute approximate surface area is 104 Å². The highest BCUT2D eigenvalue weighted by Crippen LogP contribution is 2.14. The lowest BCUT2D eigenvalue weighted by molar-refractivity contribution is -0.129. The van der Waals surface area contributed by atoms with Crippen LogP contribution in [0.1, 0.15) is 39.0 Å². The smallest absolute Gasteiger partial charge is 0.237 e. The van der Waals surface area contributed by atoms with Gasteiger partial charge < -0.3 is 10.6 Å². The largest absolute Gasteiger partial charge is 0.353 e. The predicted molar refractivity (Wildman–Crippen MR) is 68.9 cm³/mol. The first-order valence-electron chi connectivity index (χ1n) is 7.06. The summed E-state index contributed by atoms with van der Waals surface area (Å²) in [4.78, 5) is 14.0. The average molecular weight is 239 g/mol. The summed E-state index contributed by atoms with van der Waals surface area (Å²) in [5, 5.41) is 6.48. The molecule has 0 aliphatic carbocycles. The van der Waals surface area contributed by atoms with Gasteiger partial charge in [-0.2, -0.15) is 0 Å². The number of carbonyl (C=O) groups is 1. The zero-order valence-corrected chi connectivity index (χ0v) is 10.9. The van der Waals surface area contributed by atoms with Gasteiger partial charge in [0.15, 0.2) is 0 Å². The standard InChI is InChI=1S/C13H25N3O/c1-2-12-13(17)15-8-10-16(12)9-4-6-11-5-3-7-14-11/h11-12,14H,2-10H2,1H3,(H,15,17). The molecule has 4 heteroatoms. The van der Waals surface area contributed by atoms with Crippen LogP contribution in [0.4, 0.5) is 0 Å².